The molecule has 1 amide bonds. The number of carboxylic acid groups (broad SMARTS) is 1. The number of carboxylic acids is 1. The Morgan fingerprint density at radius 3 is 2.44 bits per heavy atom. The summed E-state index contributed by atoms with van der Waals surface area (Å²) >= 11 is 0. The summed E-state index contributed by atoms with van der Waals surface area (Å²) in [4.78, 5) is 21.8. The number of hydrogen-bond donors (Lipinski definition) is 3. The van der Waals surface area contributed by atoms with Gasteiger partial charge in [0.15, 0.2) is 6.04 Å². The molecule has 1 aliphatic carbocycles. The van der Waals surface area contributed by atoms with Gasteiger partial charge in [-0.2, -0.15) is 0 Å². The van der Waals surface area contributed by atoms with E-state index in [0.29, 0.717) is 12.5 Å². The average molecular weight is 228 g/mol. The maximum absolute atomic E-state index is 11.3. The number of hydrogen-bond acceptors (Lipinski definition) is 3. The monoisotopic (exact) mass is 228 g/mol. The Balaban J connectivity index is 2.38. The van der Waals surface area contributed by atoms with Crippen LogP contribution < -0.4 is 11.1 Å². The highest BCUT2D eigenvalue weighted by atomic mass is 16.4. The first-order chi connectivity index (χ1) is 7.34. The van der Waals surface area contributed by atoms with Gasteiger partial charge in [0, 0.05) is 6.54 Å². The highest BCUT2D eigenvalue weighted by Gasteiger charge is 2.34. The van der Waals surface area contributed by atoms with Crippen molar-refractivity contribution in [3.8, 4) is 0 Å². The van der Waals surface area contributed by atoms with E-state index >= 15 is 0 Å². The minimum Gasteiger partial charge on any atom is -0.480 e. The van der Waals surface area contributed by atoms with Crippen molar-refractivity contribution in [1.29, 1.82) is 0 Å². The Bertz CT molecular complexity index is 285. The SMILES string of the molecule is CC(C)(CNC(=O)C(N)C(=O)O)C1CCC1. The summed E-state index contributed by atoms with van der Waals surface area (Å²) in [5.74, 6) is -1.28. The molecule has 0 aliphatic heterocycles. The summed E-state index contributed by atoms with van der Waals surface area (Å²) in [6.45, 7) is 4.66. The fourth-order valence-electron chi connectivity index (χ4n) is 1.87. The first-order valence-electron chi connectivity index (χ1n) is 5.60. The first-order valence-corrected chi connectivity index (χ1v) is 5.60. The lowest BCUT2D eigenvalue weighted by Gasteiger charge is -2.40. The molecule has 0 radical (unpaired) electrons. The predicted octanol–water partition coefficient (Wildman–Crippen LogP) is 0.341. The number of nitrogens with one attached hydrogen (secondary N) is 1. The predicted molar refractivity (Wildman–Crippen MR) is 59.7 cm³/mol. The van der Waals surface area contributed by atoms with Gasteiger partial charge in [-0.3, -0.25) is 4.79 Å². The molecule has 0 spiro atoms. The lowest BCUT2D eigenvalue weighted by Crippen LogP contribution is -2.49. The quantitative estimate of drug-likeness (QED) is 0.592. The van der Waals surface area contributed by atoms with Gasteiger partial charge < -0.3 is 16.2 Å². The Hall–Kier alpha value is -1.10. The van der Waals surface area contributed by atoms with Gasteiger partial charge in [0.2, 0.25) is 5.91 Å². The third kappa shape index (κ3) is 2.95. The molecule has 0 aromatic rings. The summed E-state index contributed by atoms with van der Waals surface area (Å²) < 4.78 is 0. The molecule has 1 atom stereocenters. The fourth-order valence-corrected chi connectivity index (χ4v) is 1.87. The number of amides is 1. The molecule has 0 aromatic heterocycles. The van der Waals surface area contributed by atoms with Gasteiger partial charge in [-0.15, -0.1) is 0 Å². The van der Waals surface area contributed by atoms with Crippen LogP contribution in [0.1, 0.15) is 33.1 Å². The van der Waals surface area contributed by atoms with E-state index in [1.54, 1.807) is 0 Å². The van der Waals surface area contributed by atoms with Crippen LogP contribution in [0.5, 0.6) is 0 Å². The van der Waals surface area contributed by atoms with Crippen LogP contribution in [-0.4, -0.2) is 29.6 Å². The number of carbonyl (C=O) groups is 2. The maximum atomic E-state index is 11.3. The molecule has 4 N–H and O–H groups in total. The molecular weight excluding hydrogens is 208 g/mol. The van der Waals surface area contributed by atoms with Gasteiger partial charge in [0.1, 0.15) is 0 Å². The van der Waals surface area contributed by atoms with Crippen LogP contribution in [0, 0.1) is 11.3 Å². The summed E-state index contributed by atoms with van der Waals surface area (Å²) in [7, 11) is 0. The summed E-state index contributed by atoms with van der Waals surface area (Å²) in [5, 5.41) is 11.2. The zero-order valence-electron chi connectivity index (χ0n) is 9.82. The smallest absolute Gasteiger partial charge is 0.330 e. The van der Waals surface area contributed by atoms with E-state index in [-0.39, 0.29) is 5.41 Å². The molecule has 0 saturated heterocycles. The fraction of sp³-hybridized carbons (Fsp3) is 0.818. The van der Waals surface area contributed by atoms with Crippen LogP contribution in [0.25, 0.3) is 0 Å². The Kier molecular flexibility index (Phi) is 3.91. The van der Waals surface area contributed by atoms with E-state index < -0.39 is 17.9 Å². The van der Waals surface area contributed by atoms with Gasteiger partial charge in [-0.25, -0.2) is 4.79 Å². The van der Waals surface area contributed by atoms with E-state index in [1.165, 1.54) is 19.3 Å². The van der Waals surface area contributed by atoms with E-state index in [1.807, 2.05) is 0 Å². The van der Waals surface area contributed by atoms with Crippen molar-refractivity contribution in [1.82, 2.24) is 5.32 Å². The molecule has 1 unspecified atom stereocenters. The largest absolute Gasteiger partial charge is 0.480 e. The number of nitrogens with two attached hydrogens (primary N) is 1. The van der Waals surface area contributed by atoms with E-state index in [2.05, 4.69) is 19.2 Å². The first kappa shape index (κ1) is 13.0. The topological polar surface area (TPSA) is 92.4 Å². The van der Waals surface area contributed by atoms with Crippen molar-refractivity contribution in [2.24, 2.45) is 17.1 Å². The van der Waals surface area contributed by atoms with Crippen molar-refractivity contribution >= 4 is 11.9 Å². The van der Waals surface area contributed by atoms with Crippen molar-refractivity contribution < 1.29 is 14.7 Å². The average Bonchev–Trinajstić information content (AvgIpc) is 2.09. The molecule has 1 aliphatic rings. The van der Waals surface area contributed by atoms with Gasteiger partial charge in [0.25, 0.3) is 0 Å². The molecule has 5 nitrogen and oxygen atoms in total. The molecule has 0 heterocycles. The van der Waals surface area contributed by atoms with Crippen LogP contribution in [-0.2, 0) is 9.59 Å². The summed E-state index contributed by atoms with van der Waals surface area (Å²) in [6, 6.07) is -1.46. The van der Waals surface area contributed by atoms with Gasteiger partial charge in [-0.05, 0) is 24.2 Å². The van der Waals surface area contributed by atoms with Crippen LogP contribution in [0.3, 0.4) is 0 Å². The molecule has 92 valence electrons. The second kappa shape index (κ2) is 4.82. The van der Waals surface area contributed by atoms with E-state index in [4.69, 9.17) is 10.8 Å². The molecule has 1 saturated carbocycles. The van der Waals surface area contributed by atoms with Gasteiger partial charge in [-0.1, -0.05) is 20.3 Å². The lowest BCUT2D eigenvalue weighted by molar-refractivity contribution is -0.142. The molecule has 5 heteroatoms. The Morgan fingerprint density at radius 1 is 1.50 bits per heavy atom. The van der Waals surface area contributed by atoms with Crippen LogP contribution in [0.15, 0.2) is 0 Å². The Morgan fingerprint density at radius 2 is 2.06 bits per heavy atom. The normalized spacial score (nSPS) is 18.7. The van der Waals surface area contributed by atoms with Gasteiger partial charge >= 0.3 is 5.97 Å². The van der Waals surface area contributed by atoms with Crippen LogP contribution in [0.2, 0.25) is 0 Å². The molecule has 0 aromatic carbocycles. The maximum Gasteiger partial charge on any atom is 0.330 e. The summed E-state index contributed by atoms with van der Waals surface area (Å²) in [6.07, 6.45) is 3.62. The van der Waals surface area contributed by atoms with Crippen molar-refractivity contribution in [3.05, 3.63) is 0 Å². The second-order valence-electron chi connectivity index (χ2n) is 5.15. The molecule has 1 rings (SSSR count). The number of carbonyl (C=O) groups excluding carboxylic acids is 1. The number of rotatable bonds is 5. The minimum absolute atomic E-state index is 0.0200. The van der Waals surface area contributed by atoms with E-state index in [9.17, 15) is 9.59 Å². The molecule has 16 heavy (non-hydrogen) atoms. The minimum atomic E-state index is -1.46. The second-order valence-corrected chi connectivity index (χ2v) is 5.15. The van der Waals surface area contributed by atoms with Gasteiger partial charge in [0.05, 0.1) is 0 Å². The van der Waals surface area contributed by atoms with Crippen LogP contribution >= 0.6 is 0 Å². The zero-order valence-corrected chi connectivity index (χ0v) is 9.82. The zero-order chi connectivity index (χ0) is 12.3. The standard InChI is InChI=1S/C11H20N2O3/c1-11(2,7-4-3-5-7)6-13-9(14)8(12)10(15)16/h7-8H,3-6,12H2,1-2H3,(H,13,14)(H,15,16). The van der Waals surface area contributed by atoms with Crippen molar-refractivity contribution in [3.63, 3.8) is 0 Å². The third-order valence-corrected chi connectivity index (χ3v) is 3.48. The van der Waals surface area contributed by atoms with Crippen molar-refractivity contribution in [2.75, 3.05) is 6.54 Å². The lowest BCUT2D eigenvalue weighted by atomic mass is 9.67. The molecule has 0 bridgehead atoms. The highest BCUT2D eigenvalue weighted by Crippen LogP contribution is 2.41. The van der Waals surface area contributed by atoms with Crippen molar-refractivity contribution in [2.45, 2.75) is 39.2 Å². The highest BCUT2D eigenvalue weighted by molar-refractivity contribution is 6.00. The molecule has 1 fully saturated rings. The Labute approximate surface area is 95.4 Å². The van der Waals surface area contributed by atoms with E-state index in [0.717, 1.165) is 0 Å². The number of aliphatic carboxylic acids is 1. The molecular formula is C11H20N2O3. The van der Waals surface area contributed by atoms with Crippen LogP contribution in [0.4, 0.5) is 0 Å². The third-order valence-electron chi connectivity index (χ3n) is 3.48. The summed E-state index contributed by atoms with van der Waals surface area (Å²) in [5.41, 5.74) is 5.22.